The molecule has 0 radical (unpaired) electrons. The van der Waals surface area contributed by atoms with Crippen molar-refractivity contribution in [1.82, 2.24) is 20.2 Å². The number of aryl methyl sites for hydroxylation is 1. The van der Waals surface area contributed by atoms with E-state index in [2.05, 4.69) is 15.2 Å². The van der Waals surface area contributed by atoms with Crippen molar-refractivity contribution < 1.29 is 17.9 Å². The second kappa shape index (κ2) is 8.06. The molecule has 0 bridgehead atoms. The lowest BCUT2D eigenvalue weighted by atomic mass is 10.1. The molecule has 1 N–H and O–H groups in total. The van der Waals surface area contributed by atoms with Gasteiger partial charge in [0.15, 0.2) is 0 Å². The van der Waals surface area contributed by atoms with E-state index in [1.54, 1.807) is 18.5 Å². The summed E-state index contributed by atoms with van der Waals surface area (Å²) in [4.78, 5) is 11.2. The number of methoxy groups -OCH3 is 1. The molecule has 0 saturated heterocycles. The zero-order valence-corrected chi connectivity index (χ0v) is 18.1. The zero-order chi connectivity index (χ0) is 23.2. The normalized spacial score (nSPS) is 14.0. The van der Waals surface area contributed by atoms with Crippen molar-refractivity contribution in [3.8, 4) is 17.0 Å². The molecular formula is C24H22F3N5O. The summed E-state index contributed by atoms with van der Waals surface area (Å²) < 4.78 is 45.8. The minimum absolute atomic E-state index is 0.166. The number of fused-ring (bicyclic) bond motifs is 1. The Morgan fingerprint density at radius 3 is 2.55 bits per heavy atom. The first-order valence-electron chi connectivity index (χ1n) is 10.6. The number of ether oxygens (including phenoxy) is 1. The van der Waals surface area contributed by atoms with Crippen molar-refractivity contribution in [2.24, 2.45) is 5.92 Å². The number of rotatable bonds is 6. The summed E-state index contributed by atoms with van der Waals surface area (Å²) in [6.45, 7) is 2.52. The van der Waals surface area contributed by atoms with Gasteiger partial charge >= 0.3 is 6.18 Å². The predicted molar refractivity (Wildman–Crippen MR) is 120 cm³/mol. The van der Waals surface area contributed by atoms with Crippen molar-refractivity contribution in [3.05, 3.63) is 60.0 Å². The van der Waals surface area contributed by atoms with E-state index in [9.17, 15) is 13.2 Å². The number of benzene rings is 2. The minimum Gasteiger partial charge on any atom is -0.497 e. The number of hydrogen-bond donors (Lipinski definition) is 1. The first kappa shape index (κ1) is 21.2. The summed E-state index contributed by atoms with van der Waals surface area (Å²) in [5, 5.41) is 6.94. The van der Waals surface area contributed by atoms with Crippen LogP contribution in [0.5, 0.6) is 5.75 Å². The van der Waals surface area contributed by atoms with Crippen LogP contribution >= 0.6 is 0 Å². The number of nitrogens with one attached hydrogen (secondary N) is 1. The van der Waals surface area contributed by atoms with Crippen LogP contribution in [0.25, 0.3) is 22.3 Å². The van der Waals surface area contributed by atoms with Crippen molar-refractivity contribution >= 4 is 22.4 Å². The fourth-order valence-electron chi connectivity index (χ4n) is 3.85. The maximum atomic E-state index is 13.5. The van der Waals surface area contributed by atoms with E-state index in [0.717, 1.165) is 35.9 Å². The van der Waals surface area contributed by atoms with Gasteiger partial charge in [0, 0.05) is 35.2 Å². The number of H-pyrrole nitrogens is 1. The standard InChI is InChI=1S/C24H22F3N5O/c1-14-20(11-29-31-14)23-12-28-21-6-5-17(10-22(21)30-23)32(13-15-3-4-15)18-7-16(24(25,26)27)8-19(9-18)33-2/h5-12,15H,3-4,13H2,1-2H3,(H,29,31). The molecule has 1 aliphatic rings. The maximum Gasteiger partial charge on any atom is 0.416 e. The lowest BCUT2D eigenvalue weighted by Gasteiger charge is -2.26. The van der Waals surface area contributed by atoms with Gasteiger partial charge in [0.05, 0.1) is 41.8 Å². The molecule has 9 heteroatoms. The van der Waals surface area contributed by atoms with Gasteiger partial charge in [-0.05, 0) is 56.0 Å². The first-order valence-corrected chi connectivity index (χ1v) is 10.6. The van der Waals surface area contributed by atoms with Gasteiger partial charge in [0.2, 0.25) is 0 Å². The van der Waals surface area contributed by atoms with E-state index >= 15 is 0 Å². The lowest BCUT2D eigenvalue weighted by molar-refractivity contribution is -0.137. The quantitative estimate of drug-likeness (QED) is 0.394. The van der Waals surface area contributed by atoms with Crippen molar-refractivity contribution in [3.63, 3.8) is 0 Å². The highest BCUT2D eigenvalue weighted by molar-refractivity contribution is 5.83. The van der Waals surface area contributed by atoms with Gasteiger partial charge in [-0.3, -0.25) is 10.1 Å². The van der Waals surface area contributed by atoms with Crippen LogP contribution < -0.4 is 9.64 Å². The van der Waals surface area contributed by atoms with Crippen LogP contribution in [0.3, 0.4) is 0 Å². The third-order valence-electron chi connectivity index (χ3n) is 5.85. The third-order valence-corrected chi connectivity index (χ3v) is 5.85. The van der Waals surface area contributed by atoms with E-state index in [0.29, 0.717) is 34.9 Å². The smallest absolute Gasteiger partial charge is 0.416 e. The Bertz CT molecular complexity index is 1310. The van der Waals surface area contributed by atoms with Crippen LogP contribution in [0.1, 0.15) is 24.1 Å². The molecule has 0 amide bonds. The number of halogens is 3. The Labute approximate surface area is 188 Å². The van der Waals surface area contributed by atoms with E-state index < -0.39 is 11.7 Å². The van der Waals surface area contributed by atoms with Crippen LogP contribution in [0.2, 0.25) is 0 Å². The Hall–Kier alpha value is -3.62. The molecule has 1 saturated carbocycles. The monoisotopic (exact) mass is 453 g/mol. The second-order valence-corrected chi connectivity index (χ2v) is 8.31. The van der Waals surface area contributed by atoms with Gasteiger partial charge < -0.3 is 9.64 Å². The minimum atomic E-state index is -4.47. The molecule has 2 aromatic heterocycles. The van der Waals surface area contributed by atoms with Gasteiger partial charge in [-0.25, -0.2) is 4.98 Å². The fraction of sp³-hybridized carbons (Fsp3) is 0.292. The van der Waals surface area contributed by atoms with Crippen LogP contribution in [-0.4, -0.2) is 33.8 Å². The average Bonchev–Trinajstić information content (AvgIpc) is 3.53. The van der Waals surface area contributed by atoms with E-state index in [-0.39, 0.29) is 5.75 Å². The first-order chi connectivity index (χ1) is 15.8. The second-order valence-electron chi connectivity index (χ2n) is 8.31. The van der Waals surface area contributed by atoms with E-state index in [4.69, 9.17) is 9.72 Å². The number of anilines is 2. The molecule has 1 fully saturated rings. The summed E-state index contributed by atoms with van der Waals surface area (Å²) in [7, 11) is 1.37. The lowest BCUT2D eigenvalue weighted by Crippen LogP contribution is -2.21. The summed E-state index contributed by atoms with van der Waals surface area (Å²) >= 11 is 0. The summed E-state index contributed by atoms with van der Waals surface area (Å²) in [5.41, 5.74) is 4.23. The number of alkyl halides is 3. The Balaban J connectivity index is 1.60. The molecule has 4 aromatic rings. The molecule has 0 atom stereocenters. The largest absolute Gasteiger partial charge is 0.497 e. The molecule has 2 aromatic carbocycles. The van der Waals surface area contributed by atoms with Gasteiger partial charge in [0.25, 0.3) is 0 Å². The highest BCUT2D eigenvalue weighted by atomic mass is 19.4. The molecule has 0 spiro atoms. The Morgan fingerprint density at radius 2 is 1.88 bits per heavy atom. The van der Waals surface area contributed by atoms with E-state index in [1.807, 2.05) is 30.0 Å². The third kappa shape index (κ3) is 4.35. The van der Waals surface area contributed by atoms with Crippen LogP contribution in [0, 0.1) is 12.8 Å². The molecule has 0 unspecified atom stereocenters. The number of hydrogen-bond acceptors (Lipinski definition) is 5. The summed E-state index contributed by atoms with van der Waals surface area (Å²) in [5.74, 6) is 0.603. The Kier molecular flexibility index (Phi) is 5.19. The van der Waals surface area contributed by atoms with E-state index in [1.165, 1.54) is 13.2 Å². The molecule has 1 aliphatic carbocycles. The van der Waals surface area contributed by atoms with Crippen LogP contribution in [-0.2, 0) is 6.18 Å². The molecule has 6 nitrogen and oxygen atoms in total. The predicted octanol–water partition coefficient (Wildman–Crippen LogP) is 5.90. The summed E-state index contributed by atoms with van der Waals surface area (Å²) in [6, 6.07) is 9.41. The van der Waals surface area contributed by atoms with Crippen LogP contribution in [0.4, 0.5) is 24.5 Å². The zero-order valence-electron chi connectivity index (χ0n) is 18.1. The van der Waals surface area contributed by atoms with Gasteiger partial charge in [-0.15, -0.1) is 0 Å². The van der Waals surface area contributed by atoms with Gasteiger partial charge in [-0.2, -0.15) is 18.3 Å². The van der Waals surface area contributed by atoms with Crippen molar-refractivity contribution in [2.75, 3.05) is 18.6 Å². The fourth-order valence-corrected chi connectivity index (χ4v) is 3.85. The number of nitrogens with zero attached hydrogens (tertiary/aromatic N) is 4. The molecule has 2 heterocycles. The molecule has 0 aliphatic heterocycles. The topological polar surface area (TPSA) is 66.9 Å². The highest BCUT2D eigenvalue weighted by Gasteiger charge is 2.33. The van der Waals surface area contributed by atoms with Gasteiger partial charge in [0.1, 0.15) is 5.75 Å². The molecular weight excluding hydrogens is 431 g/mol. The van der Waals surface area contributed by atoms with Crippen molar-refractivity contribution in [1.29, 1.82) is 0 Å². The molecule has 33 heavy (non-hydrogen) atoms. The maximum absolute atomic E-state index is 13.5. The number of aromatic amines is 1. The SMILES string of the molecule is COc1cc(N(CC2CC2)c2ccc3ncc(-c4cn[nH]c4C)nc3c2)cc(C(F)(F)F)c1. The number of aromatic nitrogens is 4. The average molecular weight is 453 g/mol. The summed E-state index contributed by atoms with van der Waals surface area (Å²) in [6.07, 6.45) is 1.04. The highest BCUT2D eigenvalue weighted by Crippen LogP contribution is 2.40. The molecule has 5 rings (SSSR count). The Morgan fingerprint density at radius 1 is 1.06 bits per heavy atom. The van der Waals surface area contributed by atoms with Crippen molar-refractivity contribution in [2.45, 2.75) is 25.9 Å². The molecule has 170 valence electrons. The van der Waals surface area contributed by atoms with Gasteiger partial charge in [-0.1, -0.05) is 0 Å². The van der Waals surface area contributed by atoms with Crippen LogP contribution in [0.15, 0.2) is 48.8 Å².